The van der Waals surface area contributed by atoms with Crippen LogP contribution in [-0.4, -0.2) is 23.5 Å². The molecule has 0 spiro atoms. The standard InChI is InChI=1S/C13H19NO3S/c1-4-5-10(13(16)17)7-14-12(15)11-6-8(2)9(3)18-11/h6,10H,4-5,7H2,1-3H3,(H,14,15)(H,16,17). The number of carbonyl (C=O) groups excluding carboxylic acids is 1. The fourth-order valence-electron chi connectivity index (χ4n) is 1.65. The summed E-state index contributed by atoms with van der Waals surface area (Å²) in [5, 5.41) is 11.7. The molecule has 5 heteroatoms. The molecule has 0 aliphatic heterocycles. The first-order valence-corrected chi connectivity index (χ1v) is 6.85. The van der Waals surface area contributed by atoms with Crippen LogP contribution in [0.1, 0.15) is 39.9 Å². The summed E-state index contributed by atoms with van der Waals surface area (Å²) in [4.78, 5) is 24.6. The van der Waals surface area contributed by atoms with E-state index >= 15 is 0 Å². The highest BCUT2D eigenvalue weighted by atomic mass is 32.1. The van der Waals surface area contributed by atoms with E-state index in [1.165, 1.54) is 11.3 Å². The summed E-state index contributed by atoms with van der Waals surface area (Å²) in [6.07, 6.45) is 1.38. The molecule has 0 saturated carbocycles. The second kappa shape index (κ2) is 6.54. The Bertz CT molecular complexity index is 420. The van der Waals surface area contributed by atoms with Gasteiger partial charge in [-0.2, -0.15) is 0 Å². The summed E-state index contributed by atoms with van der Waals surface area (Å²) >= 11 is 1.44. The van der Waals surface area contributed by atoms with E-state index in [2.05, 4.69) is 5.32 Å². The lowest BCUT2D eigenvalue weighted by atomic mass is 10.0. The summed E-state index contributed by atoms with van der Waals surface area (Å²) in [6.45, 7) is 6.05. The predicted octanol–water partition coefficient (Wildman–Crippen LogP) is 2.60. The van der Waals surface area contributed by atoms with Crippen molar-refractivity contribution < 1.29 is 14.7 Å². The third-order valence-electron chi connectivity index (χ3n) is 2.89. The van der Waals surface area contributed by atoms with Crippen molar-refractivity contribution in [1.29, 1.82) is 0 Å². The van der Waals surface area contributed by atoms with Crippen molar-refractivity contribution in [2.24, 2.45) is 5.92 Å². The second-order valence-electron chi connectivity index (χ2n) is 4.38. The van der Waals surface area contributed by atoms with E-state index in [-0.39, 0.29) is 12.5 Å². The molecule has 0 aromatic carbocycles. The zero-order chi connectivity index (χ0) is 13.7. The minimum absolute atomic E-state index is 0.182. The highest BCUT2D eigenvalue weighted by Gasteiger charge is 2.18. The number of aliphatic carboxylic acids is 1. The van der Waals surface area contributed by atoms with E-state index in [9.17, 15) is 9.59 Å². The lowest BCUT2D eigenvalue weighted by Gasteiger charge is -2.11. The number of hydrogen-bond donors (Lipinski definition) is 2. The van der Waals surface area contributed by atoms with E-state index in [0.29, 0.717) is 11.3 Å². The fourth-order valence-corrected chi connectivity index (χ4v) is 2.60. The Hall–Kier alpha value is -1.36. The van der Waals surface area contributed by atoms with Gasteiger partial charge >= 0.3 is 5.97 Å². The van der Waals surface area contributed by atoms with Crippen molar-refractivity contribution in [1.82, 2.24) is 5.32 Å². The smallest absolute Gasteiger partial charge is 0.308 e. The maximum absolute atomic E-state index is 11.8. The van der Waals surface area contributed by atoms with Gasteiger partial charge < -0.3 is 10.4 Å². The third kappa shape index (κ3) is 3.84. The molecule has 100 valence electrons. The molecule has 1 amide bonds. The van der Waals surface area contributed by atoms with Crippen molar-refractivity contribution in [3.05, 3.63) is 21.4 Å². The summed E-state index contributed by atoms with van der Waals surface area (Å²) in [6, 6.07) is 1.84. The Labute approximate surface area is 111 Å². The minimum Gasteiger partial charge on any atom is -0.481 e. The van der Waals surface area contributed by atoms with Crippen LogP contribution >= 0.6 is 11.3 Å². The van der Waals surface area contributed by atoms with Gasteiger partial charge in [-0.3, -0.25) is 9.59 Å². The van der Waals surface area contributed by atoms with Gasteiger partial charge in [-0.05, 0) is 31.9 Å². The van der Waals surface area contributed by atoms with E-state index in [1.807, 2.05) is 26.8 Å². The molecule has 0 fully saturated rings. The number of nitrogens with one attached hydrogen (secondary N) is 1. The van der Waals surface area contributed by atoms with Crippen molar-refractivity contribution in [3.63, 3.8) is 0 Å². The lowest BCUT2D eigenvalue weighted by molar-refractivity contribution is -0.141. The van der Waals surface area contributed by atoms with Gasteiger partial charge in [0.05, 0.1) is 10.8 Å². The van der Waals surface area contributed by atoms with Gasteiger partial charge in [-0.15, -0.1) is 11.3 Å². The van der Waals surface area contributed by atoms with Gasteiger partial charge in [-0.25, -0.2) is 0 Å². The van der Waals surface area contributed by atoms with Crippen molar-refractivity contribution in [3.8, 4) is 0 Å². The first-order valence-electron chi connectivity index (χ1n) is 6.03. The third-order valence-corrected chi connectivity index (χ3v) is 4.04. The van der Waals surface area contributed by atoms with E-state index in [1.54, 1.807) is 0 Å². The maximum atomic E-state index is 11.8. The van der Waals surface area contributed by atoms with Crippen LogP contribution in [0.2, 0.25) is 0 Å². The average molecular weight is 269 g/mol. The Morgan fingerprint density at radius 1 is 1.44 bits per heavy atom. The Morgan fingerprint density at radius 3 is 2.56 bits per heavy atom. The number of amides is 1. The SMILES string of the molecule is CCCC(CNC(=O)c1cc(C)c(C)s1)C(=O)O. The van der Waals surface area contributed by atoms with Crippen LogP contribution in [0.3, 0.4) is 0 Å². The van der Waals surface area contributed by atoms with E-state index in [4.69, 9.17) is 5.11 Å². The number of rotatable bonds is 6. The van der Waals surface area contributed by atoms with E-state index < -0.39 is 11.9 Å². The highest BCUT2D eigenvalue weighted by Crippen LogP contribution is 2.20. The number of carboxylic acids is 1. The summed E-state index contributed by atoms with van der Waals surface area (Å²) < 4.78 is 0. The lowest BCUT2D eigenvalue weighted by Crippen LogP contribution is -2.32. The van der Waals surface area contributed by atoms with Gasteiger partial charge in [0.1, 0.15) is 0 Å². The molecule has 0 radical (unpaired) electrons. The quantitative estimate of drug-likeness (QED) is 0.834. The number of thiophene rings is 1. The van der Waals surface area contributed by atoms with Crippen molar-refractivity contribution >= 4 is 23.2 Å². The highest BCUT2D eigenvalue weighted by molar-refractivity contribution is 7.14. The first-order chi connectivity index (χ1) is 8.45. The predicted molar refractivity (Wildman–Crippen MR) is 72.2 cm³/mol. The van der Waals surface area contributed by atoms with E-state index in [0.717, 1.165) is 16.9 Å². The number of carbonyl (C=O) groups is 2. The molecule has 1 aromatic heterocycles. The average Bonchev–Trinajstić information content (AvgIpc) is 2.64. The molecule has 0 aliphatic carbocycles. The zero-order valence-corrected chi connectivity index (χ0v) is 11.8. The van der Waals surface area contributed by atoms with Crippen LogP contribution in [0, 0.1) is 19.8 Å². The van der Waals surface area contributed by atoms with Crippen LogP contribution in [0.25, 0.3) is 0 Å². The molecule has 18 heavy (non-hydrogen) atoms. The number of carboxylic acid groups (broad SMARTS) is 1. The molecule has 1 aromatic rings. The first kappa shape index (κ1) is 14.7. The van der Waals surface area contributed by atoms with Crippen LogP contribution < -0.4 is 5.32 Å². The molecule has 0 bridgehead atoms. The molecule has 0 saturated heterocycles. The molecule has 4 nitrogen and oxygen atoms in total. The van der Waals surface area contributed by atoms with Gasteiger partial charge in [0, 0.05) is 11.4 Å². The maximum Gasteiger partial charge on any atom is 0.308 e. The Kier molecular flexibility index (Phi) is 5.34. The van der Waals surface area contributed by atoms with Crippen LogP contribution in [0.15, 0.2) is 6.07 Å². The largest absolute Gasteiger partial charge is 0.481 e. The number of aryl methyl sites for hydroxylation is 2. The second-order valence-corrected chi connectivity index (χ2v) is 5.64. The van der Waals surface area contributed by atoms with Gasteiger partial charge in [0.15, 0.2) is 0 Å². The molecule has 0 aliphatic rings. The fraction of sp³-hybridized carbons (Fsp3) is 0.538. The van der Waals surface area contributed by atoms with Crippen molar-refractivity contribution in [2.45, 2.75) is 33.6 Å². The van der Waals surface area contributed by atoms with Crippen LogP contribution in [0.5, 0.6) is 0 Å². The zero-order valence-electron chi connectivity index (χ0n) is 10.9. The summed E-state index contributed by atoms with van der Waals surface area (Å²) in [5.74, 6) is -1.53. The molecule has 1 atom stereocenters. The topological polar surface area (TPSA) is 66.4 Å². The summed E-state index contributed by atoms with van der Waals surface area (Å²) in [5.41, 5.74) is 1.09. The monoisotopic (exact) mass is 269 g/mol. The molecule has 1 unspecified atom stereocenters. The van der Waals surface area contributed by atoms with Gasteiger partial charge in [0.25, 0.3) is 5.91 Å². The molecule has 1 heterocycles. The molecule has 1 rings (SSSR count). The van der Waals surface area contributed by atoms with Crippen molar-refractivity contribution in [2.75, 3.05) is 6.54 Å². The normalized spacial score (nSPS) is 12.2. The Balaban J connectivity index is 2.57. The number of hydrogen-bond acceptors (Lipinski definition) is 3. The molecule has 2 N–H and O–H groups in total. The summed E-state index contributed by atoms with van der Waals surface area (Å²) in [7, 11) is 0. The van der Waals surface area contributed by atoms with Gasteiger partial charge in [-0.1, -0.05) is 13.3 Å². The molecular formula is C13H19NO3S. The minimum atomic E-state index is -0.851. The molecular weight excluding hydrogens is 250 g/mol. The van der Waals surface area contributed by atoms with Gasteiger partial charge in [0.2, 0.25) is 0 Å². The van der Waals surface area contributed by atoms with Crippen LogP contribution in [-0.2, 0) is 4.79 Å². The Morgan fingerprint density at radius 2 is 2.11 bits per heavy atom. The van der Waals surface area contributed by atoms with Crippen LogP contribution in [0.4, 0.5) is 0 Å².